The van der Waals surface area contributed by atoms with E-state index in [2.05, 4.69) is 0 Å². The number of ether oxygens (including phenoxy) is 2. The van der Waals surface area contributed by atoms with Crippen LogP contribution in [-0.4, -0.2) is 30.4 Å². The number of benzene rings is 1. The lowest BCUT2D eigenvalue weighted by molar-refractivity contribution is 0.0505. The summed E-state index contributed by atoms with van der Waals surface area (Å²) in [4.78, 5) is 10.7. The highest BCUT2D eigenvalue weighted by Crippen LogP contribution is 2.21. The fourth-order valence-corrected chi connectivity index (χ4v) is 2.25. The van der Waals surface area contributed by atoms with Crippen LogP contribution in [0.15, 0.2) is 24.3 Å². The first-order chi connectivity index (χ1) is 9.25. The van der Waals surface area contributed by atoms with Crippen LogP contribution in [-0.2, 0) is 4.74 Å². The van der Waals surface area contributed by atoms with Crippen LogP contribution in [0, 0.1) is 0 Å². The van der Waals surface area contributed by atoms with E-state index in [1.807, 2.05) is 0 Å². The summed E-state index contributed by atoms with van der Waals surface area (Å²) >= 11 is 0. The molecule has 2 rings (SSSR count). The van der Waals surface area contributed by atoms with Gasteiger partial charge in [0.15, 0.2) is 0 Å². The molecule has 19 heavy (non-hydrogen) atoms. The summed E-state index contributed by atoms with van der Waals surface area (Å²) in [6, 6.07) is 6.46. The minimum absolute atomic E-state index is 0.275. The second-order valence-corrected chi connectivity index (χ2v) is 4.81. The van der Waals surface area contributed by atoms with E-state index in [1.54, 1.807) is 24.3 Å². The van der Waals surface area contributed by atoms with Crippen molar-refractivity contribution in [1.82, 2.24) is 0 Å². The maximum Gasteiger partial charge on any atom is 0.335 e. The van der Waals surface area contributed by atoms with Crippen LogP contribution in [0.1, 0.15) is 42.5 Å². The summed E-state index contributed by atoms with van der Waals surface area (Å²) in [6.07, 6.45) is 6.27. The lowest BCUT2D eigenvalue weighted by atomic mass is 10.2. The number of carboxylic acid groups (broad SMARTS) is 1. The Morgan fingerprint density at radius 1 is 1.16 bits per heavy atom. The van der Waals surface area contributed by atoms with Crippen LogP contribution in [0.4, 0.5) is 0 Å². The Hall–Kier alpha value is -1.55. The maximum atomic E-state index is 10.7. The Kier molecular flexibility index (Phi) is 5.21. The number of carbonyl (C=O) groups is 1. The van der Waals surface area contributed by atoms with Gasteiger partial charge in [0.2, 0.25) is 0 Å². The van der Waals surface area contributed by atoms with Gasteiger partial charge in [0.1, 0.15) is 5.75 Å². The van der Waals surface area contributed by atoms with Crippen molar-refractivity contribution in [2.24, 2.45) is 0 Å². The van der Waals surface area contributed by atoms with Crippen molar-refractivity contribution in [2.75, 3.05) is 13.2 Å². The number of carboxylic acids is 1. The minimum Gasteiger partial charge on any atom is -0.494 e. The number of rotatable bonds is 7. The molecule has 0 unspecified atom stereocenters. The van der Waals surface area contributed by atoms with Gasteiger partial charge in [0.25, 0.3) is 0 Å². The zero-order valence-corrected chi connectivity index (χ0v) is 11.0. The summed E-state index contributed by atoms with van der Waals surface area (Å²) in [7, 11) is 0. The first-order valence-electron chi connectivity index (χ1n) is 6.83. The van der Waals surface area contributed by atoms with E-state index in [0.717, 1.165) is 13.0 Å². The van der Waals surface area contributed by atoms with Crippen LogP contribution in [0.5, 0.6) is 5.75 Å². The molecule has 4 nitrogen and oxygen atoms in total. The molecule has 1 aliphatic rings. The highest BCUT2D eigenvalue weighted by Gasteiger charge is 2.14. The van der Waals surface area contributed by atoms with Crippen molar-refractivity contribution in [3.63, 3.8) is 0 Å². The van der Waals surface area contributed by atoms with Gasteiger partial charge in [0.05, 0.1) is 24.9 Å². The number of hydrogen-bond acceptors (Lipinski definition) is 3. The average Bonchev–Trinajstić information content (AvgIpc) is 2.92. The lowest BCUT2D eigenvalue weighted by Crippen LogP contribution is -2.10. The molecule has 0 heterocycles. The molecule has 0 atom stereocenters. The summed E-state index contributed by atoms with van der Waals surface area (Å²) in [5.41, 5.74) is 0.275. The Bertz CT molecular complexity index is 393. The fraction of sp³-hybridized carbons (Fsp3) is 0.533. The molecule has 1 saturated carbocycles. The van der Waals surface area contributed by atoms with E-state index in [0.29, 0.717) is 18.5 Å². The molecule has 1 aromatic carbocycles. The Balaban J connectivity index is 1.61. The van der Waals surface area contributed by atoms with Crippen LogP contribution in [0.2, 0.25) is 0 Å². The van der Waals surface area contributed by atoms with Gasteiger partial charge >= 0.3 is 5.97 Å². The molecule has 4 heteroatoms. The largest absolute Gasteiger partial charge is 0.494 e. The van der Waals surface area contributed by atoms with Crippen LogP contribution in [0.25, 0.3) is 0 Å². The smallest absolute Gasteiger partial charge is 0.335 e. The van der Waals surface area contributed by atoms with E-state index in [1.165, 1.54) is 25.7 Å². The third-order valence-corrected chi connectivity index (χ3v) is 3.31. The molecule has 1 aromatic rings. The van der Waals surface area contributed by atoms with Gasteiger partial charge in [0, 0.05) is 6.42 Å². The first-order valence-corrected chi connectivity index (χ1v) is 6.83. The van der Waals surface area contributed by atoms with Gasteiger partial charge in [-0.1, -0.05) is 12.8 Å². The van der Waals surface area contributed by atoms with E-state index in [-0.39, 0.29) is 5.56 Å². The third kappa shape index (κ3) is 4.56. The molecular weight excluding hydrogens is 244 g/mol. The van der Waals surface area contributed by atoms with E-state index in [4.69, 9.17) is 14.6 Å². The molecule has 0 saturated heterocycles. The van der Waals surface area contributed by atoms with Crippen molar-refractivity contribution < 1.29 is 19.4 Å². The van der Waals surface area contributed by atoms with E-state index in [9.17, 15) is 4.79 Å². The maximum absolute atomic E-state index is 10.7. The van der Waals surface area contributed by atoms with Crippen molar-refractivity contribution in [2.45, 2.75) is 38.2 Å². The highest BCUT2D eigenvalue weighted by molar-refractivity contribution is 5.87. The second kappa shape index (κ2) is 7.14. The summed E-state index contributed by atoms with van der Waals surface area (Å²) in [6.45, 7) is 1.33. The topological polar surface area (TPSA) is 55.8 Å². The summed E-state index contributed by atoms with van der Waals surface area (Å²) < 4.78 is 11.3. The molecule has 0 aromatic heterocycles. The van der Waals surface area contributed by atoms with Gasteiger partial charge in [-0.05, 0) is 37.1 Å². The van der Waals surface area contributed by atoms with Crippen LogP contribution >= 0.6 is 0 Å². The molecule has 0 aliphatic heterocycles. The Labute approximate surface area is 113 Å². The molecule has 0 amide bonds. The zero-order valence-electron chi connectivity index (χ0n) is 11.0. The molecule has 0 spiro atoms. The Morgan fingerprint density at radius 2 is 1.84 bits per heavy atom. The van der Waals surface area contributed by atoms with Crippen LogP contribution in [0.3, 0.4) is 0 Å². The van der Waals surface area contributed by atoms with Gasteiger partial charge in [-0.2, -0.15) is 0 Å². The molecule has 104 valence electrons. The normalized spacial score (nSPS) is 15.6. The molecule has 0 radical (unpaired) electrons. The van der Waals surface area contributed by atoms with Crippen molar-refractivity contribution in [3.05, 3.63) is 29.8 Å². The number of hydrogen-bond donors (Lipinski definition) is 1. The molecular formula is C15H20O4. The molecule has 1 N–H and O–H groups in total. The van der Waals surface area contributed by atoms with E-state index >= 15 is 0 Å². The second-order valence-electron chi connectivity index (χ2n) is 4.81. The standard InChI is InChI=1S/C15H20O4/c16-15(17)12-6-8-14(9-7-12)19-11-3-10-18-13-4-1-2-5-13/h6-9,13H,1-5,10-11H2,(H,16,17). The predicted molar refractivity (Wildman–Crippen MR) is 71.7 cm³/mol. The average molecular weight is 264 g/mol. The van der Waals surface area contributed by atoms with E-state index < -0.39 is 5.97 Å². The highest BCUT2D eigenvalue weighted by atomic mass is 16.5. The third-order valence-electron chi connectivity index (χ3n) is 3.31. The van der Waals surface area contributed by atoms with Crippen molar-refractivity contribution >= 4 is 5.97 Å². The lowest BCUT2D eigenvalue weighted by Gasteiger charge is -2.11. The summed E-state index contributed by atoms with van der Waals surface area (Å²) in [5, 5.41) is 8.77. The zero-order chi connectivity index (χ0) is 13.5. The quantitative estimate of drug-likeness (QED) is 0.769. The minimum atomic E-state index is -0.920. The fourth-order valence-electron chi connectivity index (χ4n) is 2.25. The van der Waals surface area contributed by atoms with Gasteiger partial charge in [-0.3, -0.25) is 0 Å². The predicted octanol–water partition coefficient (Wildman–Crippen LogP) is 3.11. The van der Waals surface area contributed by atoms with Crippen molar-refractivity contribution in [3.8, 4) is 5.75 Å². The number of aromatic carboxylic acids is 1. The first kappa shape index (κ1) is 13.9. The van der Waals surface area contributed by atoms with Gasteiger partial charge < -0.3 is 14.6 Å². The Morgan fingerprint density at radius 3 is 2.47 bits per heavy atom. The van der Waals surface area contributed by atoms with Crippen LogP contribution < -0.4 is 4.74 Å². The van der Waals surface area contributed by atoms with Crippen molar-refractivity contribution in [1.29, 1.82) is 0 Å². The van der Waals surface area contributed by atoms with Gasteiger partial charge in [-0.25, -0.2) is 4.79 Å². The summed E-state index contributed by atoms with van der Waals surface area (Å²) in [5.74, 6) is -0.220. The molecule has 1 fully saturated rings. The molecule has 0 bridgehead atoms. The SMILES string of the molecule is O=C(O)c1ccc(OCCCOC2CCCC2)cc1. The molecule has 1 aliphatic carbocycles. The monoisotopic (exact) mass is 264 g/mol. The van der Waals surface area contributed by atoms with Gasteiger partial charge in [-0.15, -0.1) is 0 Å².